The number of benzene rings is 2. The Balaban J connectivity index is 1.73. The maximum Gasteiger partial charge on any atom is 0.326 e. The SMILES string of the molecule is CC(C)(C=O)CCOc1c#cc2cc(OCc3ccccc3)c(N3CC(=O)NS3(=O)=O)c(F)c2c1. The Morgan fingerprint density at radius 2 is 1.91 bits per heavy atom. The predicted molar refractivity (Wildman–Crippen MR) is 127 cm³/mol. The van der Waals surface area contributed by atoms with Crippen LogP contribution in [0.1, 0.15) is 25.8 Å². The Morgan fingerprint density at radius 1 is 1.17 bits per heavy atom. The lowest BCUT2D eigenvalue weighted by Gasteiger charge is -2.21. The molecule has 10 heteroatoms. The third-order valence-electron chi connectivity index (χ3n) is 5.47. The normalized spacial score (nSPS) is 14.9. The van der Waals surface area contributed by atoms with Gasteiger partial charge in [0.1, 0.15) is 30.9 Å². The molecule has 0 aliphatic carbocycles. The van der Waals surface area contributed by atoms with E-state index in [1.54, 1.807) is 13.8 Å². The van der Waals surface area contributed by atoms with Gasteiger partial charge >= 0.3 is 10.2 Å². The second-order valence-corrected chi connectivity index (χ2v) is 10.4. The summed E-state index contributed by atoms with van der Waals surface area (Å²) in [5.41, 5.74) is -0.178. The van der Waals surface area contributed by atoms with E-state index in [1.807, 2.05) is 35.1 Å². The molecule has 1 saturated heterocycles. The molecule has 1 heterocycles. The van der Waals surface area contributed by atoms with Gasteiger partial charge in [-0.05, 0) is 24.1 Å². The highest BCUT2D eigenvalue weighted by molar-refractivity contribution is 7.92. The molecule has 0 spiro atoms. The van der Waals surface area contributed by atoms with Gasteiger partial charge in [0.05, 0.1) is 6.61 Å². The van der Waals surface area contributed by atoms with Gasteiger partial charge in [-0.1, -0.05) is 50.2 Å². The maximum atomic E-state index is 15.9. The van der Waals surface area contributed by atoms with E-state index >= 15 is 4.39 Å². The highest BCUT2D eigenvalue weighted by Gasteiger charge is 2.38. The molecule has 3 aromatic rings. The van der Waals surface area contributed by atoms with E-state index in [4.69, 9.17) is 9.47 Å². The van der Waals surface area contributed by atoms with Crippen molar-refractivity contribution in [3.8, 4) is 11.5 Å². The number of carbonyl (C=O) groups is 2. The number of fused-ring (bicyclic) bond motifs is 1. The van der Waals surface area contributed by atoms with E-state index in [9.17, 15) is 18.0 Å². The van der Waals surface area contributed by atoms with Crippen LogP contribution in [0.15, 0.2) is 42.5 Å². The second kappa shape index (κ2) is 9.43. The van der Waals surface area contributed by atoms with Crippen molar-refractivity contribution in [3.63, 3.8) is 0 Å². The molecule has 0 bridgehead atoms. The summed E-state index contributed by atoms with van der Waals surface area (Å²) < 4.78 is 54.8. The Hall–Kier alpha value is -3.84. The van der Waals surface area contributed by atoms with Crippen molar-refractivity contribution in [3.05, 3.63) is 66.0 Å². The molecular weight excluding hydrogens is 475 g/mol. The monoisotopic (exact) mass is 498 g/mol. The summed E-state index contributed by atoms with van der Waals surface area (Å²) >= 11 is 0. The Morgan fingerprint density at radius 3 is 2.57 bits per heavy atom. The first-order valence-electron chi connectivity index (χ1n) is 10.8. The van der Waals surface area contributed by atoms with Gasteiger partial charge in [-0.25, -0.2) is 13.4 Å². The lowest BCUT2D eigenvalue weighted by Crippen LogP contribution is -2.30. The molecule has 0 saturated carbocycles. The molecule has 0 unspecified atom stereocenters. The van der Waals surface area contributed by atoms with Crippen molar-refractivity contribution in [1.82, 2.24) is 4.72 Å². The summed E-state index contributed by atoms with van der Waals surface area (Å²) in [4.78, 5) is 22.9. The molecule has 1 N–H and O–H groups in total. The molecule has 35 heavy (non-hydrogen) atoms. The summed E-state index contributed by atoms with van der Waals surface area (Å²) in [6, 6.07) is 17.5. The fourth-order valence-electron chi connectivity index (χ4n) is 3.46. The molecule has 0 radical (unpaired) electrons. The Labute approximate surface area is 202 Å². The van der Waals surface area contributed by atoms with Crippen LogP contribution < -0.4 is 18.5 Å². The van der Waals surface area contributed by atoms with Gasteiger partial charge in [-0.3, -0.25) is 4.79 Å². The third kappa shape index (κ3) is 5.30. The number of hydrogen-bond acceptors (Lipinski definition) is 6. The van der Waals surface area contributed by atoms with Gasteiger partial charge in [-0.15, -0.1) is 0 Å². The average Bonchev–Trinajstić information content (AvgIpc) is 3.10. The number of anilines is 1. The lowest BCUT2D eigenvalue weighted by molar-refractivity contribution is -0.117. The zero-order chi connectivity index (χ0) is 25.2. The molecule has 0 aromatic heterocycles. The number of carbonyl (C=O) groups excluding carboxylic acids is 2. The third-order valence-corrected chi connectivity index (χ3v) is 6.85. The molecule has 182 valence electrons. The molecule has 1 aliphatic heterocycles. The van der Waals surface area contributed by atoms with Crippen LogP contribution in [0, 0.1) is 23.4 Å². The molecular formula is C25H23FN2O6S. The minimum atomic E-state index is -4.30. The van der Waals surface area contributed by atoms with E-state index in [0.717, 1.165) is 11.8 Å². The predicted octanol–water partition coefficient (Wildman–Crippen LogP) is 3.33. The van der Waals surface area contributed by atoms with Gasteiger partial charge in [-0.2, -0.15) is 8.42 Å². The average molecular weight is 499 g/mol. The molecule has 3 aromatic carbocycles. The maximum absolute atomic E-state index is 15.9. The van der Waals surface area contributed by atoms with Crippen LogP contribution in [0.5, 0.6) is 11.5 Å². The topological polar surface area (TPSA) is 102 Å². The van der Waals surface area contributed by atoms with Crippen molar-refractivity contribution in [2.45, 2.75) is 26.9 Å². The number of hydrogen-bond donors (Lipinski definition) is 1. The summed E-state index contributed by atoms with van der Waals surface area (Å²) in [5, 5.41) is 0.302. The van der Waals surface area contributed by atoms with Crippen molar-refractivity contribution in [2.75, 3.05) is 17.5 Å². The number of nitrogens with one attached hydrogen (secondary N) is 1. The largest absolute Gasteiger partial charge is 0.487 e. The fraction of sp³-hybridized carbons (Fsp3) is 0.280. The first-order valence-corrected chi connectivity index (χ1v) is 12.2. The number of rotatable bonds is 9. The first kappa shape index (κ1) is 24.3. The van der Waals surface area contributed by atoms with Crippen LogP contribution >= 0.6 is 0 Å². The first-order chi connectivity index (χ1) is 16.6. The minimum absolute atomic E-state index is 0.0185. The van der Waals surface area contributed by atoms with E-state index in [2.05, 4.69) is 12.1 Å². The number of ether oxygens (including phenoxy) is 2. The van der Waals surface area contributed by atoms with E-state index < -0.39 is 33.9 Å². The standard InChI is InChI=1S/C25H23FN2O6S/c1-25(2,16-29)10-11-33-19-9-8-18-12-21(34-15-17-6-4-3-5-7-17)24(23(26)20(18)13-19)28-14-22(30)27-35(28,31)32/h3-7,12-13,16H,10-11,14-15H2,1-2H3,(H,27,30). The zero-order valence-electron chi connectivity index (χ0n) is 19.1. The molecule has 1 aliphatic rings. The van der Waals surface area contributed by atoms with Crippen molar-refractivity contribution < 1.29 is 31.9 Å². The van der Waals surface area contributed by atoms with Crippen molar-refractivity contribution in [2.24, 2.45) is 5.41 Å². The van der Waals surface area contributed by atoms with Gasteiger partial charge in [0.15, 0.2) is 11.6 Å². The molecule has 1 amide bonds. The summed E-state index contributed by atoms with van der Waals surface area (Å²) in [7, 11) is -4.30. The number of aldehydes is 1. The zero-order valence-corrected chi connectivity index (χ0v) is 19.9. The van der Waals surface area contributed by atoms with Crippen molar-refractivity contribution in [1.29, 1.82) is 0 Å². The number of nitrogens with zero attached hydrogens (tertiary/aromatic N) is 1. The second-order valence-electron chi connectivity index (χ2n) is 8.77. The van der Waals surface area contributed by atoms with Gasteiger partial charge in [0, 0.05) is 22.3 Å². The number of amides is 1. The highest BCUT2D eigenvalue weighted by Crippen LogP contribution is 2.39. The van der Waals surface area contributed by atoms with Crippen LogP contribution in [0.4, 0.5) is 10.1 Å². The quantitative estimate of drug-likeness (QED) is 0.454. The minimum Gasteiger partial charge on any atom is -0.487 e. The van der Waals surface area contributed by atoms with Crippen LogP contribution in [-0.4, -0.2) is 33.8 Å². The molecule has 8 nitrogen and oxygen atoms in total. The van der Waals surface area contributed by atoms with E-state index in [-0.39, 0.29) is 41.2 Å². The van der Waals surface area contributed by atoms with E-state index in [0.29, 0.717) is 10.7 Å². The van der Waals surface area contributed by atoms with Crippen molar-refractivity contribution >= 4 is 38.9 Å². The Bertz CT molecular complexity index is 1380. The summed E-state index contributed by atoms with van der Waals surface area (Å²) in [5.74, 6) is -1.58. The smallest absolute Gasteiger partial charge is 0.326 e. The van der Waals surface area contributed by atoms with E-state index in [1.165, 1.54) is 12.1 Å². The molecule has 4 rings (SSSR count). The van der Waals surface area contributed by atoms with Crippen LogP contribution in [0.3, 0.4) is 0 Å². The van der Waals surface area contributed by atoms with Crippen LogP contribution in [-0.2, 0) is 26.4 Å². The fourth-order valence-corrected chi connectivity index (χ4v) is 4.62. The molecule has 1 fully saturated rings. The van der Waals surface area contributed by atoms with Gasteiger partial charge in [0.2, 0.25) is 0 Å². The van der Waals surface area contributed by atoms with Crippen LogP contribution in [0.2, 0.25) is 0 Å². The number of halogens is 1. The highest BCUT2D eigenvalue weighted by atomic mass is 32.2. The Kier molecular flexibility index (Phi) is 6.54. The van der Waals surface area contributed by atoms with Gasteiger partial charge in [0.25, 0.3) is 5.91 Å². The summed E-state index contributed by atoms with van der Waals surface area (Å²) in [6.07, 6.45) is 1.27. The van der Waals surface area contributed by atoms with Gasteiger partial charge < -0.3 is 14.3 Å². The molecule has 0 atom stereocenters. The lowest BCUT2D eigenvalue weighted by atomic mass is 9.92. The van der Waals surface area contributed by atoms with Crippen LogP contribution in [0.25, 0.3) is 10.8 Å². The summed E-state index contributed by atoms with van der Waals surface area (Å²) in [6.45, 7) is 3.20.